The quantitative estimate of drug-likeness (QED) is 0.0819. The summed E-state index contributed by atoms with van der Waals surface area (Å²) in [6.45, 7) is 5.44. The van der Waals surface area contributed by atoms with Crippen LogP contribution in [0.2, 0.25) is 0 Å². The van der Waals surface area contributed by atoms with Crippen molar-refractivity contribution in [1.82, 2.24) is 19.1 Å². The normalized spacial score (nSPS) is 10.3. The van der Waals surface area contributed by atoms with E-state index in [1.165, 1.54) is 23.1 Å². The molecule has 0 aliphatic carbocycles. The number of azo groups is 1. The Morgan fingerprint density at radius 3 is 1.40 bits per heavy atom. The molecule has 2 aromatic heterocycles. The van der Waals surface area contributed by atoms with E-state index in [1.54, 1.807) is 0 Å². The van der Waals surface area contributed by atoms with E-state index in [-0.39, 0.29) is 196 Å². The van der Waals surface area contributed by atoms with Crippen molar-refractivity contribution in [2.24, 2.45) is 10.2 Å². The van der Waals surface area contributed by atoms with Crippen molar-refractivity contribution >= 4 is 75.2 Å². The van der Waals surface area contributed by atoms with Crippen LogP contribution in [0.15, 0.2) is 71.2 Å². The van der Waals surface area contributed by atoms with Crippen molar-refractivity contribution in [1.29, 1.82) is 0 Å². The number of amides is 2. The molecular formula is C33H23N9Na4O10SY. The molecule has 0 spiro atoms. The molecule has 4 N–H and O–H groups in total. The van der Waals surface area contributed by atoms with Crippen LogP contribution in [0.1, 0.15) is 88.6 Å². The third-order valence-electron chi connectivity index (χ3n) is 7.20. The first-order chi connectivity index (χ1) is 24.9. The maximum absolute atomic E-state index is 13.7. The second-order valence-electron chi connectivity index (χ2n) is 12.1. The molecule has 0 fully saturated rings. The second-order valence-corrected chi connectivity index (χ2v) is 12.9. The SMILES string of the molecule is CC(C)(C)c1nn(-c2cc(C(=O)Nc3cc(C(=O)[O-])cc(C(=O)[O-])c3)cc(C(=O)Nc3cc(C(=O)[O-])cc(C(=O)[O-])c3)c2)c(N)c1N=Nc1ncns1.[Na+].[Na+].[Na+].[Na+].[Y]. The third kappa shape index (κ3) is 13.9. The molecule has 2 amide bonds. The number of hydrogen-bond acceptors (Lipinski definition) is 17. The van der Waals surface area contributed by atoms with Crippen LogP contribution in [-0.4, -0.2) is 54.8 Å². The average molecular weight is 919 g/mol. The number of rotatable bonds is 11. The monoisotopic (exact) mass is 918 g/mol. The molecule has 0 unspecified atom stereocenters. The number of benzene rings is 3. The van der Waals surface area contributed by atoms with Crippen molar-refractivity contribution in [2.45, 2.75) is 26.2 Å². The number of anilines is 3. The topological polar surface area (TPSA) is 313 Å². The average Bonchev–Trinajstić information content (AvgIpc) is 3.74. The number of hydrogen-bond donors (Lipinski definition) is 3. The fraction of sp³-hybridized carbons (Fsp3) is 0.121. The maximum atomic E-state index is 13.7. The number of aromatic nitrogens is 4. The number of nitrogens with two attached hydrogens (primary N) is 1. The first kappa shape index (κ1) is 55.8. The fourth-order valence-corrected chi connectivity index (χ4v) is 5.16. The van der Waals surface area contributed by atoms with Gasteiger partial charge in [-0.05, 0) is 76.9 Å². The summed E-state index contributed by atoms with van der Waals surface area (Å²) in [6.07, 6.45) is 1.28. The number of carboxylic acid groups (broad SMARTS) is 4. The zero-order valence-electron chi connectivity index (χ0n) is 32.1. The zero-order valence-corrected chi connectivity index (χ0v) is 43.8. The standard InChI is InChI=1S/C33H27N9O10S.4Na.Y/c1-33(2,3)24-23(39-40-32-35-13-36-53-32)25(34)42(41-24)22-11-14(26(43)37-20-7-16(28(45)46)5-17(8-20)29(47)48)4-15(12-22)27(44)38-21-9-18(30(49)50)6-19(10-21)31(51)52;;;;;/h4-13H,34H2,1-3H3,(H,37,43)(H,38,44)(H,45,46)(H,47,48)(H,49,50)(H,51,52);;;;;/q;4*+1;/p-4. The third-order valence-corrected chi connectivity index (χ3v) is 7.75. The molecule has 19 nitrogen and oxygen atoms in total. The van der Waals surface area contributed by atoms with Crippen LogP contribution in [-0.2, 0) is 38.1 Å². The number of nitrogens with one attached hydrogen (secondary N) is 2. The number of nitrogens with zero attached hydrogens (tertiary/aromatic N) is 6. The molecular weight excluding hydrogens is 895 g/mol. The molecule has 0 bridgehead atoms. The van der Waals surface area contributed by atoms with Gasteiger partial charge in [0, 0.05) is 72.2 Å². The first-order valence-electron chi connectivity index (χ1n) is 14.9. The van der Waals surface area contributed by atoms with Crippen molar-refractivity contribution < 1.29 is 200 Å². The molecule has 0 saturated carbocycles. The second kappa shape index (κ2) is 23.7. The van der Waals surface area contributed by atoms with Gasteiger partial charge in [-0.2, -0.15) is 9.47 Å². The van der Waals surface area contributed by atoms with E-state index in [0.29, 0.717) is 5.69 Å². The maximum Gasteiger partial charge on any atom is 1.00 e. The Morgan fingerprint density at radius 1 is 0.655 bits per heavy atom. The summed E-state index contributed by atoms with van der Waals surface area (Å²) in [5, 5.41) is 63.9. The number of nitrogen functional groups attached to an aromatic ring is 1. The van der Waals surface area contributed by atoms with Gasteiger partial charge in [-0.25, -0.2) is 9.67 Å². The van der Waals surface area contributed by atoms with Gasteiger partial charge in [0.2, 0.25) is 5.13 Å². The van der Waals surface area contributed by atoms with Crippen molar-refractivity contribution in [3.8, 4) is 5.69 Å². The van der Waals surface area contributed by atoms with Crippen molar-refractivity contribution in [3.05, 3.63) is 100.0 Å². The van der Waals surface area contributed by atoms with E-state index in [2.05, 4.69) is 35.3 Å². The van der Waals surface area contributed by atoms with Crippen LogP contribution in [0.4, 0.5) is 28.0 Å². The van der Waals surface area contributed by atoms with E-state index in [9.17, 15) is 49.2 Å². The molecule has 2 heterocycles. The van der Waals surface area contributed by atoms with Gasteiger partial charge in [-0.3, -0.25) is 9.59 Å². The number of carbonyl (C=O) groups excluding carboxylic acids is 6. The first-order valence-corrected chi connectivity index (χ1v) is 15.7. The van der Waals surface area contributed by atoms with Gasteiger partial charge in [-0.1, -0.05) is 20.8 Å². The van der Waals surface area contributed by atoms with Gasteiger partial charge >= 0.3 is 118 Å². The summed E-state index contributed by atoms with van der Waals surface area (Å²) < 4.78 is 5.03. The van der Waals surface area contributed by atoms with E-state index >= 15 is 0 Å². The van der Waals surface area contributed by atoms with Gasteiger partial charge in [0.25, 0.3) is 11.8 Å². The van der Waals surface area contributed by atoms with Gasteiger partial charge in [0.1, 0.15) is 6.33 Å². The minimum atomic E-state index is -1.74. The van der Waals surface area contributed by atoms with Crippen molar-refractivity contribution in [3.63, 3.8) is 0 Å². The van der Waals surface area contributed by atoms with Crippen LogP contribution >= 0.6 is 11.5 Å². The fourth-order valence-electron chi connectivity index (χ4n) is 4.80. The molecule has 0 aliphatic rings. The number of aromatic carboxylic acids is 4. The van der Waals surface area contributed by atoms with Gasteiger partial charge in [0.05, 0.1) is 35.3 Å². The van der Waals surface area contributed by atoms with Crippen molar-refractivity contribution in [2.75, 3.05) is 16.4 Å². The van der Waals surface area contributed by atoms with Crippen LogP contribution in [0.5, 0.6) is 0 Å². The van der Waals surface area contributed by atoms with Crippen LogP contribution < -0.4 is 155 Å². The van der Waals surface area contributed by atoms with Crippen LogP contribution in [0.3, 0.4) is 0 Å². The Hall–Kier alpha value is -2.25. The van der Waals surface area contributed by atoms with E-state index in [0.717, 1.165) is 54.0 Å². The Balaban J connectivity index is 0.00000650. The molecule has 273 valence electrons. The Bertz CT molecular complexity index is 2220. The molecule has 1 radical (unpaired) electrons. The van der Waals surface area contributed by atoms with Gasteiger partial charge in [0.15, 0.2) is 11.5 Å². The Morgan fingerprint density at radius 2 is 1.05 bits per heavy atom. The van der Waals surface area contributed by atoms with Crippen LogP contribution in [0, 0.1) is 0 Å². The Labute approximate surface area is 446 Å². The molecule has 58 heavy (non-hydrogen) atoms. The van der Waals surface area contributed by atoms with Crippen LogP contribution in [0.25, 0.3) is 5.69 Å². The summed E-state index contributed by atoms with van der Waals surface area (Å²) in [7, 11) is 0. The predicted molar refractivity (Wildman–Crippen MR) is 177 cm³/mol. The molecule has 5 rings (SSSR count). The summed E-state index contributed by atoms with van der Waals surface area (Å²) in [4.78, 5) is 77.4. The molecule has 0 aliphatic heterocycles. The molecule has 0 saturated heterocycles. The van der Waals surface area contributed by atoms with E-state index < -0.39 is 63.4 Å². The summed E-state index contributed by atoms with van der Waals surface area (Å²) in [5.74, 6) is -9.00. The molecule has 5 aromatic rings. The Kier molecular flexibility index (Phi) is 22.8. The van der Waals surface area contributed by atoms with Gasteiger partial charge in [-0.15, -0.1) is 10.2 Å². The number of carbonyl (C=O) groups is 6. The zero-order chi connectivity index (χ0) is 38.8. The number of carboxylic acids is 4. The summed E-state index contributed by atoms with van der Waals surface area (Å²) in [5.41, 5.74) is 2.84. The van der Waals surface area contributed by atoms with E-state index in [1.807, 2.05) is 20.8 Å². The summed E-state index contributed by atoms with van der Waals surface area (Å²) >= 11 is 0.963. The predicted octanol–water partition coefficient (Wildman–Crippen LogP) is -12.0. The van der Waals surface area contributed by atoms with E-state index in [4.69, 9.17) is 5.73 Å². The molecule has 0 atom stereocenters. The molecule has 25 heteroatoms. The molecule has 3 aromatic carbocycles. The van der Waals surface area contributed by atoms with Gasteiger partial charge < -0.3 is 56.0 Å². The summed E-state index contributed by atoms with van der Waals surface area (Å²) in [6, 6.07) is 8.88. The largest absolute Gasteiger partial charge is 1.00 e. The minimum Gasteiger partial charge on any atom is -0.545 e. The smallest absolute Gasteiger partial charge is 0.545 e. The minimum absolute atomic E-state index is 0.